The molecule has 0 unspecified atom stereocenters. The summed E-state index contributed by atoms with van der Waals surface area (Å²) in [6, 6.07) is 5.05. The van der Waals surface area contributed by atoms with Gasteiger partial charge in [0, 0.05) is 36.3 Å². The highest BCUT2D eigenvalue weighted by Gasteiger charge is 2.30. The minimum atomic E-state index is -4.40. The summed E-state index contributed by atoms with van der Waals surface area (Å²) in [5, 5.41) is 0.485. The molecule has 0 saturated heterocycles. The first kappa shape index (κ1) is 21.6. The summed E-state index contributed by atoms with van der Waals surface area (Å²) in [5.74, 6) is -0.497. The van der Waals surface area contributed by atoms with E-state index in [9.17, 15) is 18.0 Å². The van der Waals surface area contributed by atoms with Crippen molar-refractivity contribution in [2.75, 3.05) is 13.7 Å². The zero-order valence-corrected chi connectivity index (χ0v) is 16.2. The molecule has 0 aliphatic heterocycles. The van der Waals surface area contributed by atoms with Gasteiger partial charge in [-0.2, -0.15) is 13.2 Å². The van der Waals surface area contributed by atoms with Gasteiger partial charge in [0.1, 0.15) is 5.01 Å². The zero-order chi connectivity index (χ0) is 20.7. The Hall–Kier alpha value is -2.74. The van der Waals surface area contributed by atoms with Crippen LogP contribution in [0.15, 0.2) is 59.3 Å². The van der Waals surface area contributed by atoms with Crippen molar-refractivity contribution in [3.63, 3.8) is 0 Å². The summed E-state index contributed by atoms with van der Waals surface area (Å²) in [7, 11) is 1.54. The second kappa shape index (κ2) is 9.45. The molecule has 28 heavy (non-hydrogen) atoms. The maximum absolute atomic E-state index is 12.9. The third-order valence-corrected chi connectivity index (χ3v) is 4.58. The van der Waals surface area contributed by atoms with E-state index in [2.05, 4.69) is 16.6 Å². The summed E-state index contributed by atoms with van der Waals surface area (Å²) in [6.45, 7) is 5.88. The van der Waals surface area contributed by atoms with Crippen LogP contribution in [0.25, 0.3) is 10.6 Å². The molecule has 1 heterocycles. The Morgan fingerprint density at radius 1 is 1.39 bits per heavy atom. The van der Waals surface area contributed by atoms with Gasteiger partial charge in [0.2, 0.25) is 0 Å². The molecule has 1 aromatic carbocycles. The fourth-order valence-electron chi connectivity index (χ4n) is 2.35. The van der Waals surface area contributed by atoms with Crippen molar-refractivity contribution in [1.82, 2.24) is 4.98 Å². The molecule has 0 amide bonds. The van der Waals surface area contributed by atoms with E-state index in [1.165, 1.54) is 23.6 Å². The third-order valence-electron chi connectivity index (χ3n) is 3.53. The van der Waals surface area contributed by atoms with Crippen molar-refractivity contribution in [2.45, 2.75) is 19.5 Å². The van der Waals surface area contributed by atoms with E-state index in [0.29, 0.717) is 22.6 Å². The number of hydrogen-bond donors (Lipinski definition) is 0. The zero-order valence-electron chi connectivity index (χ0n) is 15.4. The summed E-state index contributed by atoms with van der Waals surface area (Å²) in [6.07, 6.45) is 0.562. The van der Waals surface area contributed by atoms with Crippen LogP contribution in [0.5, 0.6) is 0 Å². The van der Waals surface area contributed by atoms with Crippen molar-refractivity contribution in [2.24, 2.45) is 4.99 Å². The van der Waals surface area contributed by atoms with Crippen molar-refractivity contribution in [3.8, 4) is 10.6 Å². The van der Waals surface area contributed by atoms with Crippen LogP contribution in [-0.4, -0.2) is 30.8 Å². The lowest BCUT2D eigenvalue weighted by molar-refractivity contribution is -0.138. The molecule has 0 atom stereocenters. The summed E-state index contributed by atoms with van der Waals surface area (Å²) < 4.78 is 43.6. The number of alkyl halides is 3. The minimum absolute atomic E-state index is 0.245. The van der Waals surface area contributed by atoms with E-state index in [-0.39, 0.29) is 12.2 Å². The lowest BCUT2D eigenvalue weighted by atomic mass is 10.1. The molecule has 0 aliphatic carbocycles. The predicted molar refractivity (Wildman–Crippen MR) is 105 cm³/mol. The maximum atomic E-state index is 12.9. The number of halogens is 3. The van der Waals surface area contributed by atoms with Crippen LogP contribution in [0.1, 0.15) is 17.4 Å². The van der Waals surface area contributed by atoms with E-state index in [0.717, 1.165) is 17.0 Å². The van der Waals surface area contributed by atoms with Crippen molar-refractivity contribution in [1.29, 1.82) is 0 Å². The largest absolute Gasteiger partial charge is 0.462 e. The monoisotopic (exact) mass is 408 g/mol. The lowest BCUT2D eigenvalue weighted by Gasteiger charge is -2.07. The Morgan fingerprint density at radius 3 is 2.79 bits per heavy atom. The Bertz CT molecular complexity index is 914. The van der Waals surface area contributed by atoms with Crippen LogP contribution < -0.4 is 0 Å². The Kier molecular flexibility index (Phi) is 7.28. The van der Waals surface area contributed by atoms with Gasteiger partial charge >= 0.3 is 12.1 Å². The molecule has 0 radical (unpaired) electrons. The second-order valence-electron chi connectivity index (χ2n) is 5.75. The van der Waals surface area contributed by atoms with Gasteiger partial charge < -0.3 is 4.74 Å². The molecular weight excluding hydrogens is 389 g/mol. The van der Waals surface area contributed by atoms with Crippen LogP contribution in [0, 0.1) is 0 Å². The quantitative estimate of drug-likeness (QED) is 0.277. The topological polar surface area (TPSA) is 51.5 Å². The number of rotatable bonds is 7. The number of thiazole rings is 1. The van der Waals surface area contributed by atoms with Crippen LogP contribution in [0.4, 0.5) is 13.2 Å². The highest BCUT2D eigenvalue weighted by molar-refractivity contribution is 7.15. The standard InChI is InChI=1S/C20H19F3N2O2S/c1-4-27-19(26)15(11-24-3)8-13(2)9-17-12-25-18(28-17)14-6-5-7-16(10-14)20(21,22)23/h5-8,10-12H,2,4,9H2,1,3H3/b15-8+,24-11?. The fourth-order valence-corrected chi connectivity index (χ4v) is 3.31. The first-order chi connectivity index (χ1) is 13.2. The van der Waals surface area contributed by atoms with Gasteiger partial charge in [0.05, 0.1) is 17.7 Å². The molecule has 0 aliphatic rings. The van der Waals surface area contributed by atoms with Crippen LogP contribution >= 0.6 is 11.3 Å². The number of ether oxygens (including phenoxy) is 1. The third kappa shape index (κ3) is 5.88. The van der Waals surface area contributed by atoms with Crippen molar-refractivity contribution < 1.29 is 22.7 Å². The first-order valence-corrected chi connectivity index (χ1v) is 9.17. The van der Waals surface area contributed by atoms with Gasteiger partial charge in [0.25, 0.3) is 0 Å². The maximum Gasteiger partial charge on any atom is 0.416 e. The number of allylic oxidation sites excluding steroid dienone is 2. The summed E-state index contributed by atoms with van der Waals surface area (Å²) in [5.41, 5.74) is 0.587. The molecule has 0 spiro atoms. The number of aliphatic imine (C=N–C) groups is 1. The lowest BCUT2D eigenvalue weighted by Crippen LogP contribution is -2.09. The SMILES string of the molecule is C=C(/C=C(\C=NC)C(=O)OCC)Cc1cnc(-c2cccc(C(F)(F)F)c2)s1. The first-order valence-electron chi connectivity index (χ1n) is 8.35. The molecule has 148 valence electrons. The van der Waals surface area contributed by atoms with E-state index in [1.54, 1.807) is 32.3 Å². The number of aromatic nitrogens is 1. The van der Waals surface area contributed by atoms with Gasteiger partial charge in [-0.25, -0.2) is 9.78 Å². The van der Waals surface area contributed by atoms with Crippen LogP contribution in [0.3, 0.4) is 0 Å². The van der Waals surface area contributed by atoms with Crippen molar-refractivity contribution >= 4 is 23.5 Å². The molecule has 2 rings (SSSR count). The second-order valence-corrected chi connectivity index (χ2v) is 6.87. The van der Waals surface area contributed by atoms with Crippen LogP contribution in [-0.2, 0) is 22.1 Å². The molecule has 2 aromatic rings. The highest BCUT2D eigenvalue weighted by atomic mass is 32.1. The molecule has 4 nitrogen and oxygen atoms in total. The summed E-state index contributed by atoms with van der Waals surface area (Å²) in [4.78, 5) is 20.8. The molecular formula is C20H19F3N2O2S. The Balaban J connectivity index is 2.17. The number of carbonyl (C=O) groups is 1. The average molecular weight is 408 g/mol. The van der Waals surface area contributed by atoms with Gasteiger partial charge in [-0.15, -0.1) is 11.3 Å². The van der Waals surface area contributed by atoms with E-state index in [1.807, 2.05) is 0 Å². The number of benzene rings is 1. The number of nitrogens with zero attached hydrogens (tertiary/aromatic N) is 2. The molecule has 0 N–H and O–H groups in total. The van der Waals surface area contributed by atoms with Gasteiger partial charge in [0.15, 0.2) is 0 Å². The molecule has 1 aromatic heterocycles. The average Bonchev–Trinajstić information content (AvgIpc) is 3.09. The Morgan fingerprint density at radius 2 is 2.14 bits per heavy atom. The van der Waals surface area contributed by atoms with Gasteiger partial charge in [-0.05, 0) is 30.7 Å². The van der Waals surface area contributed by atoms with Crippen LogP contribution in [0.2, 0.25) is 0 Å². The van der Waals surface area contributed by atoms with Gasteiger partial charge in [-0.1, -0.05) is 18.7 Å². The number of hydrogen-bond acceptors (Lipinski definition) is 5. The summed E-state index contributed by atoms with van der Waals surface area (Å²) >= 11 is 1.27. The minimum Gasteiger partial charge on any atom is -0.462 e. The highest BCUT2D eigenvalue weighted by Crippen LogP contribution is 2.33. The fraction of sp³-hybridized carbons (Fsp3) is 0.250. The smallest absolute Gasteiger partial charge is 0.416 e. The van der Waals surface area contributed by atoms with E-state index >= 15 is 0 Å². The van der Waals surface area contributed by atoms with Gasteiger partial charge in [-0.3, -0.25) is 4.99 Å². The Labute approximate surface area is 165 Å². The number of carbonyl (C=O) groups excluding carboxylic acids is 1. The molecule has 0 bridgehead atoms. The molecule has 0 fully saturated rings. The predicted octanol–water partition coefficient (Wildman–Crippen LogP) is 5.12. The number of esters is 1. The molecule has 0 saturated carbocycles. The molecule has 8 heteroatoms. The van der Waals surface area contributed by atoms with Crippen molar-refractivity contribution in [3.05, 3.63) is 64.7 Å². The van der Waals surface area contributed by atoms with E-state index in [4.69, 9.17) is 4.74 Å². The van der Waals surface area contributed by atoms with E-state index < -0.39 is 17.7 Å². The normalized spacial score (nSPS) is 12.4.